The van der Waals surface area contributed by atoms with E-state index in [9.17, 15) is 13.2 Å². The van der Waals surface area contributed by atoms with Crippen molar-refractivity contribution in [2.45, 2.75) is 38.1 Å². The van der Waals surface area contributed by atoms with Gasteiger partial charge in [-0.1, -0.05) is 29.8 Å². The number of hydrogen-bond acceptors (Lipinski definition) is 3. The maximum Gasteiger partial charge on any atom is 0.335 e. The molecule has 110 valence electrons. The number of hydrogen-bond donors (Lipinski definition) is 2. The molecule has 1 aliphatic carbocycles. The molecule has 1 aromatic rings. The van der Waals surface area contributed by atoms with Crippen LogP contribution in [0.4, 0.5) is 0 Å². The second-order valence-electron chi connectivity index (χ2n) is 5.75. The lowest BCUT2D eigenvalue weighted by atomic mass is 10.1. The average Bonchev–Trinajstić information content (AvgIpc) is 2.87. The predicted molar refractivity (Wildman–Crippen MR) is 78.3 cm³/mol. The molecule has 2 N–H and O–H groups in total. The van der Waals surface area contributed by atoms with Crippen LogP contribution in [0, 0.1) is 12.3 Å². The fourth-order valence-electron chi connectivity index (χ4n) is 1.98. The average molecular weight is 362 g/mol. The van der Waals surface area contributed by atoms with Crippen LogP contribution in [0.15, 0.2) is 21.5 Å². The Morgan fingerprint density at radius 1 is 1.45 bits per heavy atom. The van der Waals surface area contributed by atoms with Crippen molar-refractivity contribution in [2.24, 2.45) is 5.41 Å². The zero-order chi connectivity index (χ0) is 15.3. The third-order valence-corrected chi connectivity index (χ3v) is 6.07. The Kier molecular flexibility index (Phi) is 3.73. The minimum Gasteiger partial charge on any atom is -0.478 e. The first-order chi connectivity index (χ1) is 9.04. The van der Waals surface area contributed by atoms with Crippen LogP contribution >= 0.6 is 15.9 Å². The number of rotatable bonds is 4. The highest BCUT2D eigenvalue weighted by molar-refractivity contribution is 9.10. The minimum atomic E-state index is -3.72. The Balaban J connectivity index is 2.43. The van der Waals surface area contributed by atoms with Crippen LogP contribution in [0.2, 0.25) is 0 Å². The molecule has 0 bridgehead atoms. The smallest absolute Gasteiger partial charge is 0.335 e. The number of nitrogens with one attached hydrogen (secondary N) is 1. The minimum absolute atomic E-state index is 0.00646. The number of aromatic carboxylic acids is 1. The number of halogens is 1. The normalized spacial score (nSPS) is 20.7. The van der Waals surface area contributed by atoms with Gasteiger partial charge in [-0.25, -0.2) is 17.9 Å². The van der Waals surface area contributed by atoms with E-state index in [1.54, 1.807) is 6.92 Å². The van der Waals surface area contributed by atoms with Crippen LogP contribution < -0.4 is 4.72 Å². The van der Waals surface area contributed by atoms with Gasteiger partial charge in [0.25, 0.3) is 0 Å². The number of benzene rings is 1. The summed E-state index contributed by atoms with van der Waals surface area (Å²) < 4.78 is 27.9. The molecule has 1 unspecified atom stereocenters. The summed E-state index contributed by atoms with van der Waals surface area (Å²) in [7, 11) is -3.72. The topological polar surface area (TPSA) is 83.5 Å². The van der Waals surface area contributed by atoms with Gasteiger partial charge in [0.05, 0.1) is 10.5 Å². The van der Waals surface area contributed by atoms with Gasteiger partial charge in [-0.05, 0) is 36.5 Å². The number of carboxylic acid groups (broad SMARTS) is 1. The molecule has 0 saturated heterocycles. The van der Waals surface area contributed by atoms with Crippen LogP contribution in [0.5, 0.6) is 0 Å². The molecule has 1 aliphatic rings. The van der Waals surface area contributed by atoms with E-state index in [1.807, 2.05) is 13.8 Å². The summed E-state index contributed by atoms with van der Waals surface area (Å²) >= 11 is 3.21. The van der Waals surface area contributed by atoms with Crippen LogP contribution in [0.25, 0.3) is 0 Å². The molecule has 0 amide bonds. The van der Waals surface area contributed by atoms with Crippen molar-refractivity contribution in [3.05, 3.63) is 27.7 Å². The van der Waals surface area contributed by atoms with Crippen LogP contribution in [0.3, 0.4) is 0 Å². The molecule has 0 aliphatic heterocycles. The van der Waals surface area contributed by atoms with Crippen LogP contribution in [-0.2, 0) is 10.0 Å². The summed E-state index contributed by atoms with van der Waals surface area (Å²) in [6.45, 7) is 5.61. The van der Waals surface area contributed by atoms with E-state index in [0.717, 1.165) is 6.42 Å². The highest BCUT2D eigenvalue weighted by Crippen LogP contribution is 2.45. The number of carbonyl (C=O) groups is 1. The Morgan fingerprint density at radius 3 is 2.45 bits per heavy atom. The molecular weight excluding hydrogens is 346 g/mol. The molecule has 1 atom stereocenters. The van der Waals surface area contributed by atoms with Crippen molar-refractivity contribution in [3.63, 3.8) is 0 Å². The zero-order valence-electron chi connectivity index (χ0n) is 11.4. The van der Waals surface area contributed by atoms with E-state index in [4.69, 9.17) is 5.11 Å². The fourth-order valence-corrected chi connectivity index (χ4v) is 4.27. The Hall–Kier alpha value is -0.920. The lowest BCUT2D eigenvalue weighted by molar-refractivity contribution is 0.0696. The standard InChI is InChI=1S/C13H16BrNO4S/c1-7-9(14)4-8(12(16)17)5-10(7)20(18,19)15-11-6-13(11,2)3/h4-5,11,15H,6H2,1-3H3,(H,16,17). The molecule has 0 radical (unpaired) electrons. The molecule has 0 aromatic heterocycles. The zero-order valence-corrected chi connectivity index (χ0v) is 13.8. The van der Waals surface area contributed by atoms with Crippen molar-refractivity contribution >= 4 is 31.9 Å². The van der Waals surface area contributed by atoms with Crippen molar-refractivity contribution in [1.82, 2.24) is 4.72 Å². The van der Waals surface area contributed by atoms with Crippen molar-refractivity contribution < 1.29 is 18.3 Å². The first kappa shape index (κ1) is 15.5. The van der Waals surface area contributed by atoms with Gasteiger partial charge in [0.1, 0.15) is 0 Å². The Bertz CT molecular complexity index is 682. The largest absolute Gasteiger partial charge is 0.478 e. The summed E-state index contributed by atoms with van der Waals surface area (Å²) in [6, 6.07) is 2.50. The molecule has 7 heteroatoms. The lowest BCUT2D eigenvalue weighted by Gasteiger charge is -2.12. The van der Waals surface area contributed by atoms with E-state index >= 15 is 0 Å². The molecule has 1 saturated carbocycles. The van der Waals surface area contributed by atoms with Gasteiger partial charge in [0.15, 0.2) is 0 Å². The molecular formula is C13H16BrNO4S. The predicted octanol–water partition coefficient (Wildman–Crippen LogP) is 2.53. The van der Waals surface area contributed by atoms with E-state index < -0.39 is 16.0 Å². The quantitative estimate of drug-likeness (QED) is 0.862. The maximum atomic E-state index is 12.4. The second kappa shape index (κ2) is 4.82. The summed E-state index contributed by atoms with van der Waals surface area (Å²) in [5.41, 5.74) is 0.404. The summed E-state index contributed by atoms with van der Waals surface area (Å²) in [5.74, 6) is -1.16. The molecule has 0 spiro atoms. The van der Waals surface area contributed by atoms with Gasteiger partial charge < -0.3 is 5.11 Å². The van der Waals surface area contributed by atoms with Gasteiger partial charge in [-0.3, -0.25) is 0 Å². The maximum absolute atomic E-state index is 12.4. The van der Waals surface area contributed by atoms with Crippen molar-refractivity contribution in [3.8, 4) is 0 Å². The number of carboxylic acids is 1. The molecule has 0 heterocycles. The fraction of sp³-hybridized carbons (Fsp3) is 0.462. The third kappa shape index (κ3) is 2.89. The molecule has 20 heavy (non-hydrogen) atoms. The van der Waals surface area contributed by atoms with Crippen molar-refractivity contribution in [1.29, 1.82) is 0 Å². The van der Waals surface area contributed by atoms with Crippen molar-refractivity contribution in [2.75, 3.05) is 0 Å². The first-order valence-corrected chi connectivity index (χ1v) is 8.38. The van der Waals surface area contributed by atoms with E-state index in [0.29, 0.717) is 10.0 Å². The molecule has 1 aromatic carbocycles. The Morgan fingerprint density at radius 2 is 2.00 bits per heavy atom. The SMILES string of the molecule is Cc1c(Br)cc(C(=O)O)cc1S(=O)(=O)NC1CC1(C)C. The van der Waals surface area contributed by atoms with Crippen LogP contribution in [0.1, 0.15) is 36.2 Å². The highest BCUT2D eigenvalue weighted by Gasteiger charge is 2.48. The summed E-state index contributed by atoms with van der Waals surface area (Å²) in [4.78, 5) is 11.1. The third-order valence-electron chi connectivity index (χ3n) is 3.64. The monoisotopic (exact) mass is 361 g/mol. The Labute approximate surface area is 126 Å². The van der Waals surface area contributed by atoms with Crippen LogP contribution in [-0.4, -0.2) is 25.5 Å². The van der Waals surface area contributed by atoms with E-state index in [2.05, 4.69) is 20.7 Å². The summed E-state index contributed by atoms with van der Waals surface area (Å²) in [6.07, 6.45) is 0.783. The second-order valence-corrected chi connectivity index (χ2v) is 8.29. The molecule has 1 fully saturated rings. The van der Waals surface area contributed by atoms with E-state index in [-0.39, 0.29) is 21.9 Å². The first-order valence-electron chi connectivity index (χ1n) is 6.10. The van der Waals surface area contributed by atoms with Gasteiger partial charge >= 0.3 is 5.97 Å². The van der Waals surface area contributed by atoms with Gasteiger partial charge in [0, 0.05) is 10.5 Å². The molecule has 5 nitrogen and oxygen atoms in total. The highest BCUT2D eigenvalue weighted by atomic mass is 79.9. The van der Waals surface area contributed by atoms with Gasteiger partial charge in [-0.15, -0.1) is 0 Å². The number of sulfonamides is 1. The lowest BCUT2D eigenvalue weighted by Crippen LogP contribution is -2.29. The van der Waals surface area contributed by atoms with Gasteiger partial charge in [0.2, 0.25) is 10.0 Å². The molecule has 2 rings (SSSR count). The summed E-state index contributed by atoms with van der Waals surface area (Å²) in [5, 5.41) is 9.03. The van der Waals surface area contributed by atoms with Gasteiger partial charge in [-0.2, -0.15) is 0 Å². The van der Waals surface area contributed by atoms with E-state index in [1.165, 1.54) is 12.1 Å².